The van der Waals surface area contributed by atoms with Crippen LogP contribution in [0.5, 0.6) is 11.5 Å². The molecular formula is C19H22O2. The van der Waals surface area contributed by atoms with Gasteiger partial charge in [0.05, 0.1) is 14.2 Å². The van der Waals surface area contributed by atoms with Crippen LogP contribution in [0.15, 0.2) is 42.5 Å². The van der Waals surface area contributed by atoms with E-state index in [0.29, 0.717) is 5.92 Å². The zero-order chi connectivity index (χ0) is 14.7. The Morgan fingerprint density at radius 3 is 2.38 bits per heavy atom. The summed E-state index contributed by atoms with van der Waals surface area (Å²) in [5.74, 6) is 2.51. The van der Waals surface area contributed by atoms with Gasteiger partial charge in [0.1, 0.15) is 11.5 Å². The molecule has 21 heavy (non-hydrogen) atoms. The topological polar surface area (TPSA) is 18.5 Å². The monoisotopic (exact) mass is 282 g/mol. The van der Waals surface area contributed by atoms with Crippen molar-refractivity contribution in [1.29, 1.82) is 0 Å². The number of fused-ring (bicyclic) bond motifs is 1. The van der Waals surface area contributed by atoms with Crippen molar-refractivity contribution in [1.82, 2.24) is 0 Å². The van der Waals surface area contributed by atoms with Gasteiger partial charge in [-0.05, 0) is 72.6 Å². The van der Waals surface area contributed by atoms with Crippen molar-refractivity contribution in [2.45, 2.75) is 31.6 Å². The zero-order valence-electron chi connectivity index (χ0n) is 12.8. The van der Waals surface area contributed by atoms with Gasteiger partial charge in [-0.1, -0.05) is 18.2 Å². The molecule has 1 aliphatic rings. The van der Waals surface area contributed by atoms with Crippen LogP contribution in [-0.2, 0) is 12.8 Å². The Balaban J connectivity index is 1.81. The molecule has 0 aromatic heterocycles. The molecule has 0 spiro atoms. The van der Waals surface area contributed by atoms with Gasteiger partial charge in [-0.3, -0.25) is 0 Å². The number of hydrogen-bond donors (Lipinski definition) is 0. The highest BCUT2D eigenvalue weighted by Gasteiger charge is 2.20. The van der Waals surface area contributed by atoms with Crippen LogP contribution in [0, 0.1) is 0 Å². The Bertz CT molecular complexity index is 601. The molecule has 0 saturated heterocycles. The predicted octanol–water partition coefficient (Wildman–Crippen LogP) is 4.37. The van der Waals surface area contributed by atoms with Crippen LogP contribution in [0.4, 0.5) is 0 Å². The van der Waals surface area contributed by atoms with Crippen molar-refractivity contribution >= 4 is 0 Å². The Hall–Kier alpha value is -1.96. The smallest absolute Gasteiger partial charge is 0.119 e. The van der Waals surface area contributed by atoms with E-state index in [1.54, 1.807) is 14.2 Å². The van der Waals surface area contributed by atoms with E-state index in [1.165, 1.54) is 36.0 Å². The largest absolute Gasteiger partial charge is 0.497 e. The van der Waals surface area contributed by atoms with Gasteiger partial charge in [-0.25, -0.2) is 0 Å². The number of aryl methyl sites for hydroxylation is 1. The molecule has 0 aliphatic heterocycles. The maximum Gasteiger partial charge on any atom is 0.119 e. The molecule has 0 bridgehead atoms. The first kappa shape index (κ1) is 14.0. The van der Waals surface area contributed by atoms with Crippen LogP contribution in [-0.4, -0.2) is 14.2 Å². The third-order valence-electron chi connectivity index (χ3n) is 4.43. The van der Waals surface area contributed by atoms with E-state index in [4.69, 9.17) is 9.47 Å². The van der Waals surface area contributed by atoms with E-state index in [0.717, 1.165) is 17.9 Å². The minimum absolute atomic E-state index is 0.619. The highest BCUT2D eigenvalue weighted by molar-refractivity contribution is 5.40. The molecule has 0 saturated carbocycles. The lowest BCUT2D eigenvalue weighted by Gasteiger charge is -2.26. The van der Waals surface area contributed by atoms with E-state index < -0.39 is 0 Å². The standard InChI is InChI=1S/C19H22O2/c1-20-17-8-6-14(7-9-17)12-15-4-3-5-16-13-18(21-2)10-11-19(15)16/h6-11,13,15H,3-5,12H2,1-2H3/t15-/m1/s1. The number of rotatable bonds is 4. The molecule has 2 nitrogen and oxygen atoms in total. The molecule has 1 aliphatic carbocycles. The summed E-state index contributed by atoms with van der Waals surface area (Å²) in [6, 6.07) is 15.0. The van der Waals surface area contributed by atoms with Crippen molar-refractivity contribution in [3.05, 3.63) is 59.2 Å². The van der Waals surface area contributed by atoms with Crippen molar-refractivity contribution < 1.29 is 9.47 Å². The van der Waals surface area contributed by atoms with Gasteiger partial charge in [-0.15, -0.1) is 0 Å². The van der Waals surface area contributed by atoms with Crippen LogP contribution in [0.25, 0.3) is 0 Å². The van der Waals surface area contributed by atoms with Gasteiger partial charge in [0, 0.05) is 0 Å². The minimum Gasteiger partial charge on any atom is -0.497 e. The van der Waals surface area contributed by atoms with Crippen molar-refractivity contribution in [2.24, 2.45) is 0 Å². The highest BCUT2D eigenvalue weighted by atomic mass is 16.5. The van der Waals surface area contributed by atoms with Crippen molar-refractivity contribution in [3.63, 3.8) is 0 Å². The van der Waals surface area contributed by atoms with Gasteiger partial charge in [0.25, 0.3) is 0 Å². The number of hydrogen-bond acceptors (Lipinski definition) is 2. The summed E-state index contributed by atoms with van der Waals surface area (Å²) in [6.45, 7) is 0. The number of ether oxygens (including phenoxy) is 2. The van der Waals surface area contributed by atoms with E-state index in [2.05, 4.69) is 30.3 Å². The molecule has 0 N–H and O–H groups in total. The molecule has 2 heteroatoms. The van der Waals surface area contributed by atoms with Crippen LogP contribution in [0.1, 0.15) is 35.4 Å². The minimum atomic E-state index is 0.619. The summed E-state index contributed by atoms with van der Waals surface area (Å²) in [5, 5.41) is 0. The summed E-state index contributed by atoms with van der Waals surface area (Å²) >= 11 is 0. The summed E-state index contributed by atoms with van der Waals surface area (Å²) in [7, 11) is 3.44. The van der Waals surface area contributed by atoms with Gasteiger partial charge >= 0.3 is 0 Å². The summed E-state index contributed by atoms with van der Waals surface area (Å²) in [5.41, 5.74) is 4.33. The second kappa shape index (κ2) is 6.21. The first-order valence-electron chi connectivity index (χ1n) is 7.60. The van der Waals surface area contributed by atoms with E-state index in [9.17, 15) is 0 Å². The van der Waals surface area contributed by atoms with Crippen LogP contribution in [0.3, 0.4) is 0 Å². The average Bonchev–Trinajstić information content (AvgIpc) is 2.55. The Morgan fingerprint density at radius 2 is 1.67 bits per heavy atom. The lowest BCUT2D eigenvalue weighted by molar-refractivity contribution is 0.412. The summed E-state index contributed by atoms with van der Waals surface area (Å²) < 4.78 is 10.6. The third kappa shape index (κ3) is 3.05. The quantitative estimate of drug-likeness (QED) is 0.829. The fourth-order valence-corrected chi connectivity index (χ4v) is 3.28. The lowest BCUT2D eigenvalue weighted by Crippen LogP contribution is -2.12. The van der Waals surface area contributed by atoms with E-state index in [1.807, 2.05) is 12.1 Å². The first-order valence-corrected chi connectivity index (χ1v) is 7.60. The van der Waals surface area contributed by atoms with Crippen LogP contribution >= 0.6 is 0 Å². The fraction of sp³-hybridized carbons (Fsp3) is 0.368. The zero-order valence-corrected chi connectivity index (χ0v) is 12.8. The first-order chi connectivity index (χ1) is 10.3. The van der Waals surface area contributed by atoms with Gasteiger partial charge < -0.3 is 9.47 Å². The molecule has 0 amide bonds. The lowest BCUT2D eigenvalue weighted by atomic mass is 9.79. The van der Waals surface area contributed by atoms with Crippen molar-refractivity contribution in [2.75, 3.05) is 14.2 Å². The Morgan fingerprint density at radius 1 is 0.952 bits per heavy atom. The summed E-state index contributed by atoms with van der Waals surface area (Å²) in [4.78, 5) is 0. The molecule has 2 aromatic rings. The van der Waals surface area contributed by atoms with Gasteiger partial charge in [0.2, 0.25) is 0 Å². The molecule has 0 unspecified atom stereocenters. The van der Waals surface area contributed by atoms with Gasteiger partial charge in [-0.2, -0.15) is 0 Å². The fourth-order valence-electron chi connectivity index (χ4n) is 3.28. The molecule has 2 aromatic carbocycles. The molecule has 0 radical (unpaired) electrons. The normalized spacial score (nSPS) is 17.1. The summed E-state index contributed by atoms with van der Waals surface area (Å²) in [6.07, 6.45) is 4.81. The van der Waals surface area contributed by atoms with Crippen LogP contribution in [0.2, 0.25) is 0 Å². The Labute approximate surface area is 126 Å². The predicted molar refractivity (Wildman–Crippen MR) is 85.4 cm³/mol. The number of benzene rings is 2. The SMILES string of the molecule is COc1ccc(C[C@H]2CCCc3cc(OC)ccc32)cc1. The highest BCUT2D eigenvalue weighted by Crippen LogP contribution is 2.36. The second-order valence-corrected chi connectivity index (χ2v) is 5.71. The molecule has 110 valence electrons. The van der Waals surface area contributed by atoms with E-state index >= 15 is 0 Å². The molecular weight excluding hydrogens is 260 g/mol. The molecule has 0 heterocycles. The maximum absolute atomic E-state index is 5.35. The van der Waals surface area contributed by atoms with Crippen LogP contribution < -0.4 is 9.47 Å². The third-order valence-corrected chi connectivity index (χ3v) is 4.43. The molecule has 0 fully saturated rings. The molecule has 3 rings (SSSR count). The van der Waals surface area contributed by atoms with Crippen molar-refractivity contribution in [3.8, 4) is 11.5 Å². The van der Waals surface area contributed by atoms with Gasteiger partial charge in [0.15, 0.2) is 0 Å². The average molecular weight is 282 g/mol. The molecule has 1 atom stereocenters. The maximum atomic E-state index is 5.35. The number of methoxy groups -OCH3 is 2. The Kier molecular flexibility index (Phi) is 4.14. The van der Waals surface area contributed by atoms with E-state index in [-0.39, 0.29) is 0 Å². The second-order valence-electron chi connectivity index (χ2n) is 5.71.